The van der Waals surface area contributed by atoms with Crippen LogP contribution in [0.5, 0.6) is 0 Å². The Morgan fingerprint density at radius 3 is 2.27 bits per heavy atom. The van der Waals surface area contributed by atoms with Gasteiger partial charge in [0.1, 0.15) is 11.9 Å². The van der Waals surface area contributed by atoms with Gasteiger partial charge in [-0.3, -0.25) is 0 Å². The molecule has 4 aliphatic rings. The number of anilines is 2. The number of rotatable bonds is 6. The summed E-state index contributed by atoms with van der Waals surface area (Å²) in [6, 6.07) is 35.3. The summed E-state index contributed by atoms with van der Waals surface area (Å²) in [7, 11) is 0. The summed E-state index contributed by atoms with van der Waals surface area (Å²) in [5, 5.41) is 2.59. The van der Waals surface area contributed by atoms with Crippen molar-refractivity contribution in [3.8, 4) is 0 Å². The largest absolute Gasteiger partial charge is 0.462 e. The van der Waals surface area contributed by atoms with Crippen LogP contribution in [0.15, 0.2) is 152 Å². The second-order valence-electron chi connectivity index (χ2n) is 12.6. The van der Waals surface area contributed by atoms with Gasteiger partial charge in [0.15, 0.2) is 0 Å². The lowest BCUT2D eigenvalue weighted by atomic mass is 9.80. The molecular weight excluding hydrogens is 552 g/mol. The molecule has 0 radical (unpaired) electrons. The van der Waals surface area contributed by atoms with Crippen molar-refractivity contribution in [3.63, 3.8) is 0 Å². The Morgan fingerprint density at radius 2 is 1.58 bits per heavy atom. The van der Waals surface area contributed by atoms with Crippen molar-refractivity contribution in [2.24, 2.45) is 0 Å². The Bertz CT molecular complexity index is 2060. The second kappa shape index (κ2) is 9.98. The van der Waals surface area contributed by atoms with Crippen molar-refractivity contribution in [3.05, 3.63) is 163 Å². The van der Waals surface area contributed by atoms with Crippen LogP contribution >= 0.6 is 0 Å². The van der Waals surface area contributed by atoms with Gasteiger partial charge >= 0.3 is 0 Å². The molecule has 0 N–H and O–H groups in total. The van der Waals surface area contributed by atoms with Crippen LogP contribution < -0.4 is 4.90 Å². The van der Waals surface area contributed by atoms with E-state index in [4.69, 9.17) is 9.47 Å². The van der Waals surface area contributed by atoms with Gasteiger partial charge in [0.25, 0.3) is 0 Å². The maximum absolute atomic E-state index is 6.12. The van der Waals surface area contributed by atoms with Gasteiger partial charge in [-0.15, -0.1) is 6.58 Å². The molecule has 4 heteroatoms. The Labute approximate surface area is 263 Å². The highest BCUT2D eigenvalue weighted by Crippen LogP contribution is 2.54. The highest BCUT2D eigenvalue weighted by atomic mass is 16.8. The van der Waals surface area contributed by atoms with Crippen LogP contribution in [0, 0.1) is 0 Å². The van der Waals surface area contributed by atoms with Crippen molar-refractivity contribution < 1.29 is 9.47 Å². The van der Waals surface area contributed by atoms with Crippen molar-refractivity contribution >= 4 is 38.9 Å². The van der Waals surface area contributed by atoms with Crippen LogP contribution in [-0.2, 0) is 9.47 Å². The molecule has 0 bridgehead atoms. The number of aromatic nitrogens is 1. The van der Waals surface area contributed by atoms with E-state index in [1.807, 2.05) is 0 Å². The van der Waals surface area contributed by atoms with Gasteiger partial charge in [0.2, 0.25) is 6.29 Å². The summed E-state index contributed by atoms with van der Waals surface area (Å²) < 4.78 is 14.1. The molecule has 1 aromatic heterocycles. The van der Waals surface area contributed by atoms with E-state index in [1.54, 1.807) is 6.08 Å². The van der Waals surface area contributed by atoms with E-state index < -0.39 is 0 Å². The number of hydrogen-bond acceptors (Lipinski definition) is 3. The molecule has 9 rings (SSSR count). The van der Waals surface area contributed by atoms with Crippen molar-refractivity contribution in [2.75, 3.05) is 4.90 Å². The Balaban J connectivity index is 0.988. The Hall–Kier alpha value is -5.06. The van der Waals surface area contributed by atoms with E-state index in [0.717, 1.165) is 12.2 Å². The van der Waals surface area contributed by atoms with Crippen LogP contribution in [0.4, 0.5) is 11.4 Å². The van der Waals surface area contributed by atoms with Gasteiger partial charge in [0, 0.05) is 39.7 Å². The molecule has 5 atom stereocenters. The predicted molar refractivity (Wildman–Crippen MR) is 184 cm³/mol. The lowest BCUT2D eigenvalue weighted by molar-refractivity contribution is 0.112. The van der Waals surface area contributed by atoms with Crippen LogP contribution in [0.25, 0.3) is 27.5 Å². The third-order valence-electron chi connectivity index (χ3n) is 10.0. The van der Waals surface area contributed by atoms with Crippen LogP contribution in [0.2, 0.25) is 0 Å². The fraction of sp³-hybridized carbons (Fsp3) is 0.171. The van der Waals surface area contributed by atoms with E-state index in [0.29, 0.717) is 5.92 Å². The fourth-order valence-electron chi connectivity index (χ4n) is 7.67. The Morgan fingerprint density at radius 1 is 0.867 bits per heavy atom. The summed E-state index contributed by atoms with van der Waals surface area (Å²) >= 11 is 0. The van der Waals surface area contributed by atoms with E-state index >= 15 is 0 Å². The highest BCUT2D eigenvalue weighted by Gasteiger charge is 2.48. The number of fused-ring (bicyclic) bond motifs is 6. The monoisotopic (exact) mass is 586 g/mol. The summed E-state index contributed by atoms with van der Waals surface area (Å²) in [6.45, 7) is 6.14. The molecule has 3 heterocycles. The average Bonchev–Trinajstić information content (AvgIpc) is 3.68. The zero-order chi connectivity index (χ0) is 30.1. The normalized spacial score (nSPS) is 26.4. The number of epoxide rings is 1. The van der Waals surface area contributed by atoms with Crippen LogP contribution in [-0.4, -0.2) is 22.5 Å². The first-order valence-corrected chi connectivity index (χ1v) is 15.8. The first-order chi connectivity index (χ1) is 22.1. The second-order valence-corrected chi connectivity index (χ2v) is 12.6. The fourth-order valence-corrected chi connectivity index (χ4v) is 7.67. The summed E-state index contributed by atoms with van der Waals surface area (Å²) in [6.07, 6.45) is 16.2. The lowest BCUT2D eigenvalue weighted by Crippen LogP contribution is -2.42. The zero-order valence-electron chi connectivity index (χ0n) is 25.2. The Kier molecular flexibility index (Phi) is 5.84. The van der Waals surface area contributed by atoms with Crippen molar-refractivity contribution in [1.29, 1.82) is 0 Å². The molecule has 4 nitrogen and oxygen atoms in total. The smallest absolute Gasteiger partial charge is 0.230 e. The molecule has 220 valence electrons. The SMILES string of the molecule is C=CC1OC1OC1=CC2c3ccccc3N(c3ccc(C4C=CC(n5c6ccccc6c6ccccc65)=CC4)cc3)C2(C)C=C1. The van der Waals surface area contributed by atoms with Crippen molar-refractivity contribution in [1.82, 2.24) is 4.57 Å². The quantitative estimate of drug-likeness (QED) is 0.147. The van der Waals surface area contributed by atoms with E-state index in [1.165, 1.54) is 50.0 Å². The topological polar surface area (TPSA) is 29.9 Å². The third-order valence-corrected chi connectivity index (χ3v) is 10.0. The molecule has 0 spiro atoms. The van der Waals surface area contributed by atoms with Crippen molar-refractivity contribution in [2.45, 2.75) is 43.1 Å². The zero-order valence-corrected chi connectivity index (χ0v) is 25.2. The van der Waals surface area contributed by atoms with Gasteiger partial charge in [-0.05, 0) is 73.0 Å². The number of allylic oxidation sites excluding steroid dienone is 5. The minimum atomic E-state index is -0.245. The molecule has 1 fully saturated rings. The third kappa shape index (κ3) is 4.09. The molecule has 5 aromatic rings. The highest BCUT2D eigenvalue weighted by molar-refractivity contribution is 6.10. The lowest BCUT2D eigenvalue weighted by Gasteiger charge is -2.40. The average molecular weight is 587 g/mol. The maximum Gasteiger partial charge on any atom is 0.230 e. The van der Waals surface area contributed by atoms with E-state index in [-0.39, 0.29) is 23.9 Å². The standard InChI is InChI=1S/C41H34N2O2/c1-3-39-40(45-39)44-31-24-25-41(2)35(26-31)34-12-6-9-15-38(34)43(41)30-22-18-28(19-23-30)27-16-20-29(21-17-27)42-36-13-7-4-10-32(36)33-11-5-8-14-37(33)42/h3-16,18-27,35,39-40H,1,17H2,2H3. The molecule has 2 aliphatic heterocycles. The number of benzene rings is 4. The van der Waals surface area contributed by atoms with Gasteiger partial charge in [-0.25, -0.2) is 0 Å². The van der Waals surface area contributed by atoms with Gasteiger partial charge < -0.3 is 18.9 Å². The summed E-state index contributed by atoms with van der Waals surface area (Å²) in [5.41, 5.74) is 8.57. The minimum Gasteiger partial charge on any atom is -0.462 e. The first-order valence-electron chi connectivity index (χ1n) is 15.8. The molecule has 0 amide bonds. The first kappa shape index (κ1) is 26.4. The van der Waals surface area contributed by atoms with Crippen LogP contribution in [0.3, 0.4) is 0 Å². The number of hydrogen-bond donors (Lipinski definition) is 0. The van der Waals surface area contributed by atoms with Gasteiger partial charge in [0.05, 0.1) is 16.6 Å². The van der Waals surface area contributed by atoms with Gasteiger partial charge in [-0.1, -0.05) is 91.0 Å². The molecule has 2 aliphatic carbocycles. The molecule has 5 unspecified atom stereocenters. The number of ether oxygens (including phenoxy) is 2. The molecule has 1 saturated heterocycles. The van der Waals surface area contributed by atoms with E-state index in [2.05, 4.69) is 156 Å². The number of nitrogens with zero attached hydrogens (tertiary/aromatic N) is 2. The number of para-hydroxylation sites is 3. The summed E-state index contributed by atoms with van der Waals surface area (Å²) in [5.74, 6) is 1.36. The van der Waals surface area contributed by atoms with E-state index in [9.17, 15) is 0 Å². The molecule has 4 aromatic carbocycles. The predicted octanol–water partition coefficient (Wildman–Crippen LogP) is 9.75. The maximum atomic E-state index is 6.12. The van der Waals surface area contributed by atoms with Gasteiger partial charge in [-0.2, -0.15) is 0 Å². The molecular formula is C41H34N2O2. The minimum absolute atomic E-state index is 0.0202. The van der Waals surface area contributed by atoms with Crippen LogP contribution in [0.1, 0.15) is 36.3 Å². The molecule has 0 saturated carbocycles. The summed E-state index contributed by atoms with van der Waals surface area (Å²) in [4.78, 5) is 2.48. The molecule has 45 heavy (non-hydrogen) atoms.